The molecule has 4 aromatic rings. The molecule has 6 heteroatoms. The second kappa shape index (κ2) is 6.96. The summed E-state index contributed by atoms with van der Waals surface area (Å²) in [6.45, 7) is 4.10. The summed E-state index contributed by atoms with van der Waals surface area (Å²) in [5.74, 6) is 0.817. The van der Waals surface area contributed by atoms with Gasteiger partial charge in [-0.3, -0.25) is 9.38 Å². The van der Waals surface area contributed by atoms with Gasteiger partial charge >= 0.3 is 0 Å². The van der Waals surface area contributed by atoms with Crippen LogP contribution in [0.25, 0.3) is 27.7 Å². The van der Waals surface area contributed by atoms with E-state index in [0.29, 0.717) is 6.42 Å². The van der Waals surface area contributed by atoms with Crippen LogP contribution in [0.15, 0.2) is 43.0 Å². The van der Waals surface area contributed by atoms with Crippen LogP contribution in [0.3, 0.4) is 0 Å². The Morgan fingerprint density at radius 3 is 2.70 bits per heavy atom. The van der Waals surface area contributed by atoms with Crippen molar-refractivity contribution in [1.82, 2.24) is 19.4 Å². The molecule has 6 nitrogen and oxygen atoms in total. The van der Waals surface area contributed by atoms with Crippen molar-refractivity contribution in [3.05, 3.63) is 54.2 Å². The topological polar surface area (TPSA) is 75.3 Å². The summed E-state index contributed by atoms with van der Waals surface area (Å²) in [6, 6.07) is 6.10. The lowest BCUT2D eigenvalue weighted by Crippen LogP contribution is -2.02. The highest BCUT2D eigenvalue weighted by atomic mass is 16.3. The maximum absolute atomic E-state index is 10.2. The predicted molar refractivity (Wildman–Crippen MR) is 108 cm³/mol. The van der Waals surface area contributed by atoms with E-state index >= 15 is 0 Å². The number of anilines is 1. The van der Waals surface area contributed by atoms with Gasteiger partial charge < -0.3 is 10.4 Å². The predicted octanol–water partition coefficient (Wildman–Crippen LogP) is 4.13. The molecule has 0 aliphatic carbocycles. The molecule has 0 aliphatic rings. The lowest BCUT2D eigenvalue weighted by molar-refractivity contribution is 0.161. The molecule has 0 fully saturated rings. The molecule has 1 atom stereocenters. The number of aliphatic hydroxyl groups is 1. The van der Waals surface area contributed by atoms with Crippen molar-refractivity contribution in [1.29, 1.82) is 0 Å². The number of nitrogens with one attached hydrogen (secondary N) is 1. The van der Waals surface area contributed by atoms with Crippen LogP contribution in [0.1, 0.15) is 37.1 Å². The smallest absolute Gasteiger partial charge is 0.145 e. The second-order valence-electron chi connectivity index (χ2n) is 6.79. The summed E-state index contributed by atoms with van der Waals surface area (Å²) in [6.07, 6.45) is 8.59. The molecule has 2 N–H and O–H groups in total. The van der Waals surface area contributed by atoms with E-state index in [9.17, 15) is 5.11 Å². The third kappa shape index (κ3) is 3.02. The van der Waals surface area contributed by atoms with Crippen LogP contribution in [0.4, 0.5) is 5.82 Å². The standard InChI is InChI=1S/C21H23N5O/c1-4-5-19(27)17-8-13(2)16(12-24-17)15-9-14-11-25-20(22-3)10-18(14)26-7-6-23-21(15)26/h6-12,19,27H,4-5H2,1-3H3,(H,22,25). The Morgan fingerprint density at radius 2 is 1.96 bits per heavy atom. The molecule has 4 aromatic heterocycles. The van der Waals surface area contributed by atoms with E-state index < -0.39 is 6.10 Å². The summed E-state index contributed by atoms with van der Waals surface area (Å²) in [7, 11) is 1.86. The van der Waals surface area contributed by atoms with Crippen LogP contribution >= 0.6 is 0 Å². The zero-order valence-electron chi connectivity index (χ0n) is 15.8. The Hall–Kier alpha value is -2.99. The summed E-state index contributed by atoms with van der Waals surface area (Å²) in [5.41, 5.74) is 5.73. The van der Waals surface area contributed by atoms with Gasteiger partial charge in [-0.15, -0.1) is 0 Å². The molecule has 1 unspecified atom stereocenters. The number of rotatable bonds is 5. The Labute approximate surface area is 157 Å². The van der Waals surface area contributed by atoms with Gasteiger partial charge in [0.1, 0.15) is 11.5 Å². The van der Waals surface area contributed by atoms with Gasteiger partial charge in [-0.2, -0.15) is 0 Å². The van der Waals surface area contributed by atoms with Gasteiger partial charge in [0, 0.05) is 54.4 Å². The van der Waals surface area contributed by atoms with Crippen LogP contribution < -0.4 is 5.32 Å². The van der Waals surface area contributed by atoms with Crippen molar-refractivity contribution in [2.75, 3.05) is 12.4 Å². The SMILES string of the molecule is CCCC(O)c1cc(C)c(-c2cc3cnc(NC)cc3n3ccnc23)cn1. The first-order valence-electron chi connectivity index (χ1n) is 9.21. The van der Waals surface area contributed by atoms with E-state index in [1.54, 1.807) is 6.20 Å². The first-order chi connectivity index (χ1) is 13.1. The number of aromatic nitrogens is 4. The molecule has 0 aliphatic heterocycles. The van der Waals surface area contributed by atoms with Crippen LogP contribution in [0, 0.1) is 6.92 Å². The van der Waals surface area contributed by atoms with Crippen molar-refractivity contribution in [3.63, 3.8) is 0 Å². The lowest BCUT2D eigenvalue weighted by atomic mass is 10.00. The van der Waals surface area contributed by atoms with E-state index in [1.165, 1.54) is 0 Å². The van der Waals surface area contributed by atoms with Crippen LogP contribution in [-0.2, 0) is 0 Å². The number of hydrogen-bond donors (Lipinski definition) is 2. The lowest BCUT2D eigenvalue weighted by Gasteiger charge is -2.14. The molecule has 138 valence electrons. The summed E-state index contributed by atoms with van der Waals surface area (Å²) < 4.78 is 2.08. The third-order valence-electron chi connectivity index (χ3n) is 4.93. The number of aryl methyl sites for hydroxylation is 1. The highest BCUT2D eigenvalue weighted by Crippen LogP contribution is 2.32. The number of hydrogen-bond acceptors (Lipinski definition) is 5. The Morgan fingerprint density at radius 1 is 1.11 bits per heavy atom. The summed E-state index contributed by atoms with van der Waals surface area (Å²) >= 11 is 0. The van der Waals surface area contributed by atoms with Gasteiger partial charge in [-0.25, -0.2) is 9.97 Å². The van der Waals surface area contributed by atoms with Crippen molar-refractivity contribution >= 4 is 22.4 Å². The molecule has 0 amide bonds. The van der Waals surface area contributed by atoms with Crippen molar-refractivity contribution in [2.45, 2.75) is 32.8 Å². The minimum Gasteiger partial charge on any atom is -0.387 e. The molecule has 0 aromatic carbocycles. The van der Waals surface area contributed by atoms with Crippen LogP contribution in [0.5, 0.6) is 0 Å². The van der Waals surface area contributed by atoms with E-state index in [4.69, 9.17) is 0 Å². The highest BCUT2D eigenvalue weighted by molar-refractivity contribution is 5.92. The van der Waals surface area contributed by atoms with Crippen molar-refractivity contribution in [3.8, 4) is 11.1 Å². The first-order valence-corrected chi connectivity index (χ1v) is 9.21. The van der Waals surface area contributed by atoms with Gasteiger partial charge in [-0.1, -0.05) is 13.3 Å². The average Bonchev–Trinajstić information content (AvgIpc) is 3.17. The largest absolute Gasteiger partial charge is 0.387 e. The number of nitrogens with zero attached hydrogens (tertiary/aromatic N) is 4. The summed E-state index contributed by atoms with van der Waals surface area (Å²) in [4.78, 5) is 13.5. The minimum absolute atomic E-state index is 0.519. The number of pyridine rings is 3. The zero-order valence-corrected chi connectivity index (χ0v) is 15.8. The fourth-order valence-corrected chi connectivity index (χ4v) is 3.49. The quantitative estimate of drug-likeness (QED) is 0.559. The van der Waals surface area contributed by atoms with Gasteiger partial charge in [0.15, 0.2) is 0 Å². The molecule has 0 radical (unpaired) electrons. The fraction of sp³-hybridized carbons (Fsp3) is 0.286. The van der Waals surface area contributed by atoms with Gasteiger partial charge in [-0.05, 0) is 31.0 Å². The van der Waals surface area contributed by atoms with Crippen LogP contribution in [-0.4, -0.2) is 31.5 Å². The number of fused-ring (bicyclic) bond motifs is 3. The molecule has 0 saturated carbocycles. The van der Waals surface area contributed by atoms with Gasteiger partial charge in [0.25, 0.3) is 0 Å². The molecular weight excluding hydrogens is 338 g/mol. The van der Waals surface area contributed by atoms with Crippen LogP contribution in [0.2, 0.25) is 0 Å². The molecular formula is C21H23N5O. The third-order valence-corrected chi connectivity index (χ3v) is 4.93. The number of aliphatic hydroxyl groups excluding tert-OH is 1. The normalized spacial score (nSPS) is 12.6. The minimum atomic E-state index is -0.519. The second-order valence-corrected chi connectivity index (χ2v) is 6.79. The van der Waals surface area contributed by atoms with E-state index in [0.717, 1.165) is 51.2 Å². The van der Waals surface area contributed by atoms with Crippen molar-refractivity contribution in [2.24, 2.45) is 0 Å². The Bertz CT molecular complexity index is 1120. The molecule has 0 spiro atoms. The average molecular weight is 361 g/mol. The fourth-order valence-electron chi connectivity index (χ4n) is 3.49. The van der Waals surface area contributed by atoms with Crippen molar-refractivity contribution < 1.29 is 5.11 Å². The Kier molecular flexibility index (Phi) is 4.49. The van der Waals surface area contributed by atoms with E-state index in [-0.39, 0.29) is 0 Å². The van der Waals surface area contributed by atoms with Gasteiger partial charge in [0.05, 0.1) is 17.3 Å². The monoisotopic (exact) mass is 361 g/mol. The maximum Gasteiger partial charge on any atom is 0.145 e. The number of imidazole rings is 1. The maximum atomic E-state index is 10.2. The highest BCUT2D eigenvalue weighted by Gasteiger charge is 2.15. The Balaban J connectivity index is 1.89. The van der Waals surface area contributed by atoms with E-state index in [1.807, 2.05) is 44.7 Å². The van der Waals surface area contributed by atoms with Gasteiger partial charge in [0.2, 0.25) is 0 Å². The first kappa shape index (κ1) is 17.4. The zero-order chi connectivity index (χ0) is 19.0. The molecule has 0 saturated heterocycles. The molecule has 0 bridgehead atoms. The molecule has 27 heavy (non-hydrogen) atoms. The summed E-state index contributed by atoms with van der Waals surface area (Å²) in [5, 5.41) is 14.4. The van der Waals surface area contributed by atoms with E-state index in [2.05, 4.69) is 37.7 Å². The molecule has 4 heterocycles. The molecule has 4 rings (SSSR count).